The maximum atomic E-state index is 12.6. The largest absolute Gasteiger partial charge is 0.336 e. The van der Waals surface area contributed by atoms with Gasteiger partial charge in [0.15, 0.2) is 0 Å². The molecule has 1 heterocycles. The normalized spacial score (nSPS) is 16.2. The van der Waals surface area contributed by atoms with Crippen LogP contribution in [0.4, 0.5) is 10.5 Å². The molecule has 0 saturated heterocycles. The number of rotatable bonds is 2. The van der Waals surface area contributed by atoms with Crippen LogP contribution in [0.2, 0.25) is 0 Å². The number of benzene rings is 2. The highest BCUT2D eigenvalue weighted by atomic mass is 32.2. The number of aryl methyl sites for hydroxylation is 1. The fourth-order valence-corrected chi connectivity index (χ4v) is 3.68. The fraction of sp³-hybridized carbons (Fsp3) is 0.133. The second-order valence-corrected chi connectivity index (χ2v) is 6.75. The molecule has 1 aliphatic rings. The van der Waals surface area contributed by atoms with Gasteiger partial charge in [-0.2, -0.15) is 0 Å². The van der Waals surface area contributed by atoms with Gasteiger partial charge in [0, 0.05) is 0 Å². The van der Waals surface area contributed by atoms with Crippen LogP contribution in [-0.2, 0) is 16.6 Å². The molecular formula is C15H14N2O3S. The number of anilines is 1. The van der Waals surface area contributed by atoms with Crippen molar-refractivity contribution < 1.29 is 13.2 Å². The molecule has 2 aromatic rings. The molecule has 1 aliphatic heterocycles. The lowest BCUT2D eigenvalue weighted by Gasteiger charge is -2.28. The summed E-state index contributed by atoms with van der Waals surface area (Å²) >= 11 is 0. The first-order valence-electron chi connectivity index (χ1n) is 6.47. The summed E-state index contributed by atoms with van der Waals surface area (Å²) in [7, 11) is -3.82. The van der Waals surface area contributed by atoms with Crippen molar-refractivity contribution in [3.63, 3.8) is 0 Å². The van der Waals surface area contributed by atoms with E-state index >= 15 is 0 Å². The van der Waals surface area contributed by atoms with Crippen LogP contribution in [0.5, 0.6) is 0 Å². The number of urea groups is 1. The Kier molecular flexibility index (Phi) is 3.17. The van der Waals surface area contributed by atoms with Crippen LogP contribution in [0, 0.1) is 6.92 Å². The maximum Gasteiger partial charge on any atom is 0.336 e. The number of nitrogens with one attached hydrogen (secondary N) is 1. The van der Waals surface area contributed by atoms with Crippen molar-refractivity contribution in [1.29, 1.82) is 0 Å². The van der Waals surface area contributed by atoms with Crippen LogP contribution in [0.3, 0.4) is 0 Å². The SMILES string of the molecule is Cc1ccc(CN2C(=O)Nc3ccccc3S2(=O)=O)cc1. The third-order valence-electron chi connectivity index (χ3n) is 3.37. The van der Waals surface area contributed by atoms with Gasteiger partial charge in [0.25, 0.3) is 10.0 Å². The summed E-state index contributed by atoms with van der Waals surface area (Å²) < 4.78 is 26.0. The third kappa shape index (κ3) is 2.38. The van der Waals surface area contributed by atoms with Crippen LogP contribution in [0.1, 0.15) is 11.1 Å². The van der Waals surface area contributed by atoms with Gasteiger partial charge in [-0.3, -0.25) is 0 Å². The number of para-hydroxylation sites is 1. The smallest absolute Gasteiger partial charge is 0.306 e. The van der Waals surface area contributed by atoms with E-state index in [-0.39, 0.29) is 11.4 Å². The standard InChI is InChI=1S/C15H14N2O3S/c1-11-6-8-12(9-7-11)10-17-15(18)16-13-4-2-3-5-14(13)21(17,19)20/h2-9H,10H2,1H3,(H,16,18). The highest BCUT2D eigenvalue weighted by Gasteiger charge is 2.36. The first-order chi connectivity index (χ1) is 9.98. The lowest BCUT2D eigenvalue weighted by molar-refractivity contribution is 0.233. The van der Waals surface area contributed by atoms with E-state index in [1.54, 1.807) is 18.2 Å². The number of amides is 2. The van der Waals surface area contributed by atoms with Gasteiger partial charge in [-0.05, 0) is 24.6 Å². The Balaban J connectivity index is 2.00. The molecule has 0 bridgehead atoms. The molecule has 0 spiro atoms. The lowest BCUT2D eigenvalue weighted by atomic mass is 10.1. The van der Waals surface area contributed by atoms with Crippen LogP contribution in [0.25, 0.3) is 0 Å². The van der Waals surface area contributed by atoms with E-state index in [2.05, 4.69) is 5.32 Å². The van der Waals surface area contributed by atoms with Crippen molar-refractivity contribution in [2.75, 3.05) is 5.32 Å². The van der Waals surface area contributed by atoms with E-state index in [9.17, 15) is 13.2 Å². The van der Waals surface area contributed by atoms with Crippen molar-refractivity contribution in [3.8, 4) is 0 Å². The first-order valence-corrected chi connectivity index (χ1v) is 7.91. The minimum Gasteiger partial charge on any atom is -0.306 e. The summed E-state index contributed by atoms with van der Waals surface area (Å²) in [5, 5.41) is 2.61. The number of fused-ring (bicyclic) bond motifs is 1. The average molecular weight is 302 g/mol. The summed E-state index contributed by atoms with van der Waals surface area (Å²) in [6.07, 6.45) is 0. The summed E-state index contributed by atoms with van der Waals surface area (Å²) in [5.41, 5.74) is 2.16. The Morgan fingerprint density at radius 1 is 1.05 bits per heavy atom. The van der Waals surface area contributed by atoms with E-state index in [1.165, 1.54) is 6.07 Å². The zero-order valence-electron chi connectivity index (χ0n) is 11.4. The zero-order chi connectivity index (χ0) is 15.0. The summed E-state index contributed by atoms with van der Waals surface area (Å²) in [6, 6.07) is 13.2. The van der Waals surface area contributed by atoms with Crippen molar-refractivity contribution in [1.82, 2.24) is 4.31 Å². The first kappa shape index (κ1) is 13.6. The monoisotopic (exact) mass is 302 g/mol. The summed E-state index contributed by atoms with van der Waals surface area (Å²) in [6.45, 7) is 1.97. The molecule has 6 heteroatoms. The Hall–Kier alpha value is -2.34. The number of nitrogens with zero attached hydrogens (tertiary/aromatic N) is 1. The van der Waals surface area contributed by atoms with Crippen LogP contribution in [-0.4, -0.2) is 18.8 Å². The Morgan fingerprint density at radius 2 is 1.71 bits per heavy atom. The number of carbonyl (C=O) groups is 1. The number of hydrogen-bond donors (Lipinski definition) is 1. The van der Waals surface area contributed by atoms with Gasteiger partial charge in [-0.15, -0.1) is 0 Å². The topological polar surface area (TPSA) is 66.5 Å². The Morgan fingerprint density at radius 3 is 2.43 bits per heavy atom. The van der Waals surface area contributed by atoms with E-state index in [4.69, 9.17) is 0 Å². The van der Waals surface area contributed by atoms with Crippen LogP contribution in [0.15, 0.2) is 53.4 Å². The Labute approximate surface area is 123 Å². The fourth-order valence-electron chi connectivity index (χ4n) is 2.22. The molecule has 2 amide bonds. The van der Waals surface area contributed by atoms with Gasteiger partial charge in [-0.25, -0.2) is 17.5 Å². The molecule has 0 unspecified atom stereocenters. The minimum absolute atomic E-state index is 0.0166. The molecule has 2 aromatic carbocycles. The van der Waals surface area contributed by atoms with Gasteiger partial charge in [0.2, 0.25) is 0 Å². The Bertz CT molecular complexity index is 798. The number of sulfonamides is 1. The van der Waals surface area contributed by atoms with Crippen molar-refractivity contribution in [3.05, 3.63) is 59.7 Å². The molecule has 0 atom stereocenters. The molecule has 0 saturated carbocycles. The zero-order valence-corrected chi connectivity index (χ0v) is 12.2. The molecule has 21 heavy (non-hydrogen) atoms. The lowest BCUT2D eigenvalue weighted by Crippen LogP contribution is -2.43. The van der Waals surface area contributed by atoms with Crippen molar-refractivity contribution in [2.24, 2.45) is 0 Å². The second kappa shape index (κ2) is 4.89. The molecule has 0 aliphatic carbocycles. The molecule has 108 valence electrons. The van der Waals surface area contributed by atoms with Gasteiger partial charge < -0.3 is 5.32 Å². The number of carbonyl (C=O) groups excluding carboxylic acids is 1. The van der Waals surface area contributed by atoms with E-state index in [0.29, 0.717) is 5.69 Å². The second-order valence-electron chi connectivity index (χ2n) is 4.92. The summed E-state index contributed by atoms with van der Waals surface area (Å²) in [4.78, 5) is 12.2. The molecule has 0 aromatic heterocycles. The van der Waals surface area contributed by atoms with E-state index in [1.807, 2.05) is 31.2 Å². The number of hydrogen-bond acceptors (Lipinski definition) is 3. The minimum atomic E-state index is -3.82. The van der Waals surface area contributed by atoms with Gasteiger partial charge in [-0.1, -0.05) is 42.0 Å². The predicted molar refractivity (Wildman–Crippen MR) is 79.4 cm³/mol. The van der Waals surface area contributed by atoms with Crippen LogP contribution < -0.4 is 5.32 Å². The predicted octanol–water partition coefficient (Wildman–Crippen LogP) is 2.73. The van der Waals surface area contributed by atoms with Gasteiger partial charge in [0.1, 0.15) is 4.90 Å². The molecule has 5 nitrogen and oxygen atoms in total. The molecular weight excluding hydrogens is 288 g/mol. The van der Waals surface area contributed by atoms with Crippen LogP contribution >= 0.6 is 0 Å². The van der Waals surface area contributed by atoms with Crippen molar-refractivity contribution >= 4 is 21.7 Å². The van der Waals surface area contributed by atoms with Gasteiger partial charge in [0.05, 0.1) is 12.2 Å². The molecule has 3 rings (SSSR count). The maximum absolute atomic E-state index is 12.6. The quantitative estimate of drug-likeness (QED) is 0.927. The van der Waals surface area contributed by atoms with E-state index in [0.717, 1.165) is 15.4 Å². The summed E-state index contributed by atoms with van der Waals surface area (Å²) in [5.74, 6) is 0. The highest BCUT2D eigenvalue weighted by molar-refractivity contribution is 7.90. The van der Waals surface area contributed by atoms with Gasteiger partial charge >= 0.3 is 6.03 Å². The molecule has 0 fully saturated rings. The third-order valence-corrected chi connectivity index (χ3v) is 5.16. The molecule has 0 radical (unpaired) electrons. The molecule has 1 N–H and O–H groups in total. The van der Waals surface area contributed by atoms with E-state index < -0.39 is 16.1 Å². The average Bonchev–Trinajstić information content (AvgIpc) is 2.45. The van der Waals surface area contributed by atoms with Crippen molar-refractivity contribution in [2.45, 2.75) is 18.4 Å². The highest BCUT2D eigenvalue weighted by Crippen LogP contribution is 2.30.